The Morgan fingerprint density at radius 3 is 2.75 bits per heavy atom. The number of nitrogens with one attached hydrogen (secondary N) is 2. The molecule has 0 heterocycles. The summed E-state index contributed by atoms with van der Waals surface area (Å²) in [6, 6.07) is 15.9. The zero-order valence-corrected chi connectivity index (χ0v) is 16.0. The van der Waals surface area contributed by atoms with E-state index in [9.17, 15) is 20.0 Å². The molecule has 0 aliphatic heterocycles. The van der Waals surface area contributed by atoms with E-state index >= 15 is 0 Å². The molecule has 3 aromatic carbocycles. The predicted octanol–water partition coefficient (Wildman–Crippen LogP) is 3.78. The first-order valence-corrected chi connectivity index (χ1v) is 8.95. The number of fused-ring (bicyclic) bond motifs is 1. The van der Waals surface area contributed by atoms with Crippen LogP contribution in [0.4, 0.5) is 11.4 Å². The normalized spacial score (nSPS) is 10.9. The number of phenolic OH excluding ortho intramolecular Hbond substituents is 1. The van der Waals surface area contributed by atoms with E-state index in [1.54, 1.807) is 0 Å². The number of aromatic hydroxyl groups is 1. The summed E-state index contributed by atoms with van der Waals surface area (Å²) in [7, 11) is 0. The van der Waals surface area contributed by atoms with Crippen LogP contribution in [0.1, 0.15) is 5.56 Å². The highest BCUT2D eigenvalue weighted by molar-refractivity contribution is 9.10. The molecule has 3 N–H and O–H groups in total. The molecule has 0 fully saturated rings. The van der Waals surface area contributed by atoms with Gasteiger partial charge < -0.3 is 10.4 Å². The van der Waals surface area contributed by atoms with Gasteiger partial charge in [-0.3, -0.25) is 14.9 Å². The van der Waals surface area contributed by atoms with Crippen LogP contribution in [-0.4, -0.2) is 28.7 Å². The predicted molar refractivity (Wildman–Crippen MR) is 111 cm³/mol. The fraction of sp³-hybridized carbons (Fsp3) is 0.0526. The molecule has 0 aliphatic carbocycles. The second kappa shape index (κ2) is 8.49. The van der Waals surface area contributed by atoms with Gasteiger partial charge >= 0.3 is 0 Å². The monoisotopic (exact) mass is 442 g/mol. The maximum atomic E-state index is 12.0. The summed E-state index contributed by atoms with van der Waals surface area (Å²) in [6.45, 7) is -0.0179. The van der Waals surface area contributed by atoms with Crippen molar-refractivity contribution in [3.63, 3.8) is 0 Å². The van der Waals surface area contributed by atoms with Crippen molar-refractivity contribution in [3.05, 3.63) is 74.7 Å². The summed E-state index contributed by atoms with van der Waals surface area (Å²) in [5.74, 6) is -0.620. The van der Waals surface area contributed by atoms with Crippen LogP contribution in [0.2, 0.25) is 0 Å². The summed E-state index contributed by atoms with van der Waals surface area (Å²) >= 11 is 3.04. The number of anilines is 1. The third-order valence-electron chi connectivity index (χ3n) is 3.91. The van der Waals surface area contributed by atoms with Crippen molar-refractivity contribution in [1.82, 2.24) is 5.43 Å². The molecule has 3 rings (SSSR count). The summed E-state index contributed by atoms with van der Waals surface area (Å²) in [5.41, 5.74) is 3.02. The molecular formula is C19H15BrN4O4. The molecule has 8 nitrogen and oxygen atoms in total. The molecule has 0 saturated carbocycles. The number of carbonyl (C=O) groups excluding carboxylic acids is 1. The van der Waals surface area contributed by atoms with E-state index in [4.69, 9.17) is 0 Å². The van der Waals surface area contributed by atoms with Crippen molar-refractivity contribution in [2.75, 3.05) is 11.9 Å². The highest BCUT2D eigenvalue weighted by atomic mass is 79.9. The summed E-state index contributed by atoms with van der Waals surface area (Å²) in [6.07, 6.45) is 1.14. The molecule has 1 amide bonds. The van der Waals surface area contributed by atoms with Crippen molar-refractivity contribution in [3.8, 4) is 5.75 Å². The molecule has 142 valence electrons. The Morgan fingerprint density at radius 2 is 1.96 bits per heavy atom. The van der Waals surface area contributed by atoms with Crippen molar-refractivity contribution >= 4 is 50.2 Å². The van der Waals surface area contributed by atoms with Gasteiger partial charge in [-0.15, -0.1) is 0 Å². The maximum Gasteiger partial charge on any atom is 0.271 e. The lowest BCUT2D eigenvalue weighted by Crippen LogP contribution is -2.25. The standard InChI is InChI=1S/C19H15BrN4O4/c20-16-9-14(24(27)28)8-13(19(16)26)10-22-23-18(25)11-21-17-7-3-5-12-4-1-2-6-15(12)17/h1-10,21,26H,11H2,(H,23,25). The lowest BCUT2D eigenvalue weighted by Gasteiger charge is -2.08. The van der Waals surface area contributed by atoms with E-state index in [1.165, 1.54) is 6.07 Å². The van der Waals surface area contributed by atoms with Crippen molar-refractivity contribution in [2.24, 2.45) is 5.10 Å². The topological polar surface area (TPSA) is 117 Å². The van der Waals surface area contributed by atoms with E-state index in [1.807, 2.05) is 42.5 Å². The zero-order chi connectivity index (χ0) is 20.1. The Hall–Kier alpha value is -3.46. The molecule has 0 aliphatic rings. The average Bonchev–Trinajstić information content (AvgIpc) is 2.69. The minimum atomic E-state index is -0.589. The van der Waals surface area contributed by atoms with Gasteiger partial charge in [-0.05, 0) is 27.4 Å². The van der Waals surface area contributed by atoms with Crippen LogP contribution in [0.3, 0.4) is 0 Å². The van der Waals surface area contributed by atoms with E-state index < -0.39 is 10.8 Å². The van der Waals surface area contributed by atoms with Crippen molar-refractivity contribution in [2.45, 2.75) is 0 Å². The molecule has 28 heavy (non-hydrogen) atoms. The molecule has 0 unspecified atom stereocenters. The van der Waals surface area contributed by atoms with E-state index in [0.717, 1.165) is 28.7 Å². The SMILES string of the molecule is O=C(CNc1cccc2ccccc12)NN=Cc1cc([N+](=O)[O-])cc(Br)c1O. The number of rotatable bonds is 6. The van der Waals surface area contributed by atoms with Gasteiger partial charge in [0.2, 0.25) is 0 Å². The van der Waals surface area contributed by atoms with Gasteiger partial charge in [0.1, 0.15) is 5.75 Å². The summed E-state index contributed by atoms with van der Waals surface area (Å²) < 4.78 is 0.159. The van der Waals surface area contributed by atoms with Crippen LogP contribution >= 0.6 is 15.9 Å². The Bertz CT molecular complexity index is 1080. The molecule has 0 saturated heterocycles. The number of nitrogens with zero attached hydrogens (tertiary/aromatic N) is 2. The molecular weight excluding hydrogens is 428 g/mol. The van der Waals surface area contributed by atoms with Crippen molar-refractivity contribution < 1.29 is 14.8 Å². The van der Waals surface area contributed by atoms with E-state index in [-0.39, 0.29) is 28.0 Å². The Kier molecular flexibility index (Phi) is 5.85. The first-order valence-electron chi connectivity index (χ1n) is 8.16. The number of amides is 1. The summed E-state index contributed by atoms with van der Waals surface area (Å²) in [5, 5.41) is 29.7. The van der Waals surface area contributed by atoms with Gasteiger partial charge in [0.05, 0.1) is 22.2 Å². The first-order chi connectivity index (χ1) is 13.5. The Balaban J connectivity index is 1.64. The fourth-order valence-corrected chi connectivity index (χ4v) is 3.04. The first kappa shape index (κ1) is 19.3. The highest BCUT2D eigenvalue weighted by Gasteiger charge is 2.13. The maximum absolute atomic E-state index is 12.0. The van der Waals surface area contributed by atoms with Gasteiger partial charge in [-0.2, -0.15) is 5.10 Å². The van der Waals surface area contributed by atoms with E-state index in [0.29, 0.717) is 0 Å². The minimum Gasteiger partial charge on any atom is -0.506 e. The number of hydrogen-bond acceptors (Lipinski definition) is 6. The van der Waals surface area contributed by atoms with Crippen LogP contribution in [0, 0.1) is 10.1 Å². The van der Waals surface area contributed by atoms with Crippen LogP contribution in [0.25, 0.3) is 10.8 Å². The van der Waals surface area contributed by atoms with Gasteiger partial charge in [0, 0.05) is 28.8 Å². The van der Waals surface area contributed by atoms with Gasteiger partial charge in [0.25, 0.3) is 11.6 Å². The number of hydrogen-bond donors (Lipinski definition) is 3. The third-order valence-corrected chi connectivity index (χ3v) is 4.51. The number of nitro groups is 1. The molecule has 3 aromatic rings. The molecule has 0 radical (unpaired) electrons. The van der Waals surface area contributed by atoms with Gasteiger partial charge in [0.15, 0.2) is 0 Å². The number of carbonyl (C=O) groups is 1. The second-order valence-corrected chi connectivity index (χ2v) is 6.65. The Labute approximate surface area is 168 Å². The third kappa shape index (κ3) is 4.44. The molecule has 0 aromatic heterocycles. The lowest BCUT2D eigenvalue weighted by molar-refractivity contribution is -0.385. The quantitative estimate of drug-likeness (QED) is 0.305. The fourth-order valence-electron chi connectivity index (χ4n) is 2.58. The van der Waals surface area contributed by atoms with Crippen LogP contribution in [0.15, 0.2) is 64.2 Å². The number of phenols is 1. The number of hydrazone groups is 1. The van der Waals surface area contributed by atoms with Gasteiger partial charge in [-0.1, -0.05) is 36.4 Å². The number of benzene rings is 3. The Morgan fingerprint density at radius 1 is 1.21 bits per heavy atom. The smallest absolute Gasteiger partial charge is 0.271 e. The van der Waals surface area contributed by atoms with Crippen LogP contribution in [-0.2, 0) is 4.79 Å². The zero-order valence-electron chi connectivity index (χ0n) is 14.4. The number of nitro benzene ring substituents is 1. The van der Waals surface area contributed by atoms with Gasteiger partial charge in [-0.25, -0.2) is 5.43 Å². The average molecular weight is 443 g/mol. The molecule has 0 atom stereocenters. The van der Waals surface area contributed by atoms with E-state index in [2.05, 4.69) is 31.8 Å². The van der Waals surface area contributed by atoms with Crippen LogP contribution < -0.4 is 10.7 Å². The largest absolute Gasteiger partial charge is 0.506 e. The molecule has 0 bridgehead atoms. The lowest BCUT2D eigenvalue weighted by atomic mass is 10.1. The van der Waals surface area contributed by atoms with Crippen molar-refractivity contribution in [1.29, 1.82) is 0 Å². The minimum absolute atomic E-state index is 0.0179. The molecule has 9 heteroatoms. The molecule has 0 spiro atoms. The highest BCUT2D eigenvalue weighted by Crippen LogP contribution is 2.31. The summed E-state index contributed by atoms with van der Waals surface area (Å²) in [4.78, 5) is 22.3. The van der Waals surface area contributed by atoms with Crippen LogP contribution in [0.5, 0.6) is 5.75 Å². The second-order valence-electron chi connectivity index (χ2n) is 5.80. The number of non-ortho nitro benzene ring substituents is 1. The number of halogens is 1.